The van der Waals surface area contributed by atoms with Crippen LogP contribution in [-0.2, 0) is 0 Å². The number of anilines is 3. The van der Waals surface area contributed by atoms with Crippen molar-refractivity contribution in [2.75, 3.05) is 17.7 Å². The Morgan fingerprint density at radius 1 is 1.29 bits per heavy atom. The van der Waals surface area contributed by atoms with E-state index in [9.17, 15) is 9.18 Å². The van der Waals surface area contributed by atoms with Gasteiger partial charge in [-0.15, -0.1) is 0 Å². The van der Waals surface area contributed by atoms with Gasteiger partial charge in [-0.2, -0.15) is 0 Å². The number of hydrogen-bond donors (Lipinski definition) is 3. The Balaban J connectivity index is 2.32. The Bertz CT molecular complexity index is 674. The fourth-order valence-corrected chi connectivity index (χ4v) is 1.89. The molecule has 0 saturated heterocycles. The number of halogens is 1. The lowest BCUT2D eigenvalue weighted by Crippen LogP contribution is -2.13. The summed E-state index contributed by atoms with van der Waals surface area (Å²) in [4.78, 5) is 11.4. The van der Waals surface area contributed by atoms with Gasteiger partial charge >= 0.3 is 0 Å². The molecular weight excluding hydrogens is 273 g/mol. The first-order valence-electron chi connectivity index (χ1n) is 6.40. The number of rotatable bonds is 5. The minimum absolute atomic E-state index is 0.172. The molecule has 110 valence electrons. The van der Waals surface area contributed by atoms with Crippen LogP contribution in [0.2, 0.25) is 0 Å². The minimum Gasteiger partial charge on any atom is -0.491 e. The highest BCUT2D eigenvalue weighted by molar-refractivity contribution is 5.99. The summed E-state index contributed by atoms with van der Waals surface area (Å²) in [6.07, 6.45) is 0. The maximum absolute atomic E-state index is 13.8. The van der Waals surface area contributed by atoms with Gasteiger partial charge in [-0.3, -0.25) is 4.79 Å². The molecule has 6 heteroatoms. The highest BCUT2D eigenvalue weighted by Crippen LogP contribution is 2.26. The Labute approximate surface area is 121 Å². The first-order chi connectivity index (χ1) is 10.0. The molecule has 5 N–H and O–H groups in total. The van der Waals surface area contributed by atoms with E-state index in [0.29, 0.717) is 23.7 Å². The average Bonchev–Trinajstić information content (AvgIpc) is 2.42. The molecule has 2 aromatic rings. The molecule has 0 unspecified atom stereocenters. The van der Waals surface area contributed by atoms with E-state index in [4.69, 9.17) is 16.2 Å². The second kappa shape index (κ2) is 6.13. The van der Waals surface area contributed by atoms with Gasteiger partial charge in [0.1, 0.15) is 0 Å². The lowest BCUT2D eigenvalue weighted by Gasteiger charge is -2.12. The van der Waals surface area contributed by atoms with Crippen LogP contribution in [0.4, 0.5) is 21.5 Å². The van der Waals surface area contributed by atoms with Crippen molar-refractivity contribution in [1.82, 2.24) is 0 Å². The third kappa shape index (κ3) is 3.42. The average molecular weight is 289 g/mol. The van der Waals surface area contributed by atoms with Gasteiger partial charge in [0.05, 0.1) is 17.9 Å². The van der Waals surface area contributed by atoms with Gasteiger partial charge < -0.3 is 21.5 Å². The summed E-state index contributed by atoms with van der Waals surface area (Å²) in [5.41, 5.74) is 12.6. The molecule has 2 rings (SSSR count). The van der Waals surface area contributed by atoms with E-state index in [2.05, 4.69) is 5.32 Å². The number of benzene rings is 2. The van der Waals surface area contributed by atoms with E-state index in [0.717, 1.165) is 0 Å². The summed E-state index contributed by atoms with van der Waals surface area (Å²) >= 11 is 0. The molecule has 0 aliphatic rings. The van der Waals surface area contributed by atoms with E-state index in [1.165, 1.54) is 18.2 Å². The van der Waals surface area contributed by atoms with Crippen LogP contribution in [0, 0.1) is 5.82 Å². The molecule has 0 heterocycles. The van der Waals surface area contributed by atoms with Gasteiger partial charge in [0.15, 0.2) is 11.6 Å². The second-order valence-electron chi connectivity index (χ2n) is 4.37. The van der Waals surface area contributed by atoms with Crippen LogP contribution in [0.5, 0.6) is 5.75 Å². The standard InChI is InChI=1S/C15H16FN3O2/c1-2-21-14-6-4-10(8-12(14)16)19-13-7-9(17)3-5-11(13)15(18)20/h3-8,19H,2,17H2,1H3,(H2,18,20). The quantitative estimate of drug-likeness (QED) is 0.738. The van der Waals surface area contributed by atoms with Crippen molar-refractivity contribution in [3.63, 3.8) is 0 Å². The third-order valence-electron chi connectivity index (χ3n) is 2.82. The van der Waals surface area contributed by atoms with Gasteiger partial charge in [0.25, 0.3) is 5.91 Å². The molecule has 0 fully saturated rings. The molecule has 0 spiro atoms. The van der Waals surface area contributed by atoms with Gasteiger partial charge in [-0.05, 0) is 37.3 Å². The monoisotopic (exact) mass is 289 g/mol. The van der Waals surface area contributed by atoms with Crippen molar-refractivity contribution in [3.8, 4) is 5.75 Å². The van der Waals surface area contributed by atoms with Crippen molar-refractivity contribution in [2.24, 2.45) is 5.73 Å². The molecule has 0 atom stereocenters. The Morgan fingerprint density at radius 3 is 2.67 bits per heavy atom. The number of carbonyl (C=O) groups is 1. The topological polar surface area (TPSA) is 90.4 Å². The van der Waals surface area contributed by atoms with Crippen LogP contribution in [0.1, 0.15) is 17.3 Å². The molecule has 1 amide bonds. The highest BCUT2D eigenvalue weighted by Gasteiger charge is 2.10. The normalized spacial score (nSPS) is 10.2. The smallest absolute Gasteiger partial charge is 0.250 e. The molecule has 0 radical (unpaired) electrons. The summed E-state index contributed by atoms with van der Waals surface area (Å²) in [6.45, 7) is 2.15. The number of primary amides is 1. The summed E-state index contributed by atoms with van der Waals surface area (Å²) in [5, 5.41) is 2.93. The molecule has 0 aromatic heterocycles. The Kier molecular flexibility index (Phi) is 4.27. The minimum atomic E-state index is -0.594. The molecule has 2 aromatic carbocycles. The lowest BCUT2D eigenvalue weighted by molar-refractivity contribution is 0.100. The fourth-order valence-electron chi connectivity index (χ4n) is 1.89. The fraction of sp³-hybridized carbons (Fsp3) is 0.133. The predicted molar refractivity (Wildman–Crippen MR) is 80.2 cm³/mol. The predicted octanol–water partition coefficient (Wildman–Crippen LogP) is 2.65. The van der Waals surface area contributed by atoms with E-state index >= 15 is 0 Å². The van der Waals surface area contributed by atoms with E-state index in [-0.39, 0.29) is 11.3 Å². The molecule has 0 saturated carbocycles. The van der Waals surface area contributed by atoms with Crippen molar-refractivity contribution >= 4 is 23.0 Å². The molecule has 0 aliphatic carbocycles. The maximum Gasteiger partial charge on any atom is 0.250 e. The molecule has 5 nitrogen and oxygen atoms in total. The zero-order valence-corrected chi connectivity index (χ0v) is 11.5. The lowest BCUT2D eigenvalue weighted by atomic mass is 10.1. The van der Waals surface area contributed by atoms with Crippen LogP contribution in [0.3, 0.4) is 0 Å². The summed E-state index contributed by atoms with van der Waals surface area (Å²) in [7, 11) is 0. The first kappa shape index (κ1) is 14.6. The SMILES string of the molecule is CCOc1ccc(Nc2cc(N)ccc2C(N)=O)cc1F. The Hall–Kier alpha value is -2.76. The van der Waals surface area contributed by atoms with E-state index in [1.807, 2.05) is 0 Å². The number of amides is 1. The maximum atomic E-state index is 13.8. The summed E-state index contributed by atoms with van der Waals surface area (Å²) in [5.74, 6) is -0.916. The van der Waals surface area contributed by atoms with Crippen molar-refractivity contribution in [1.29, 1.82) is 0 Å². The zero-order valence-electron chi connectivity index (χ0n) is 11.5. The number of hydrogen-bond acceptors (Lipinski definition) is 4. The number of carbonyl (C=O) groups excluding carboxylic acids is 1. The van der Waals surface area contributed by atoms with Gasteiger partial charge in [-0.1, -0.05) is 0 Å². The van der Waals surface area contributed by atoms with E-state index < -0.39 is 11.7 Å². The van der Waals surface area contributed by atoms with Crippen molar-refractivity contribution < 1.29 is 13.9 Å². The number of nitrogens with one attached hydrogen (secondary N) is 1. The van der Waals surface area contributed by atoms with E-state index in [1.54, 1.807) is 25.1 Å². The molecule has 0 aliphatic heterocycles. The number of nitrogen functional groups attached to an aromatic ring is 1. The van der Waals surface area contributed by atoms with Gasteiger partial charge in [0, 0.05) is 17.4 Å². The van der Waals surface area contributed by atoms with Crippen LogP contribution in [0.25, 0.3) is 0 Å². The molecule has 21 heavy (non-hydrogen) atoms. The van der Waals surface area contributed by atoms with Crippen molar-refractivity contribution in [3.05, 3.63) is 47.8 Å². The number of nitrogens with two attached hydrogens (primary N) is 2. The largest absolute Gasteiger partial charge is 0.491 e. The van der Waals surface area contributed by atoms with Crippen LogP contribution in [-0.4, -0.2) is 12.5 Å². The van der Waals surface area contributed by atoms with Gasteiger partial charge in [0.2, 0.25) is 0 Å². The number of ether oxygens (including phenoxy) is 1. The van der Waals surface area contributed by atoms with Crippen LogP contribution < -0.4 is 21.5 Å². The van der Waals surface area contributed by atoms with Crippen LogP contribution in [0.15, 0.2) is 36.4 Å². The highest BCUT2D eigenvalue weighted by atomic mass is 19.1. The summed E-state index contributed by atoms with van der Waals surface area (Å²) in [6, 6.07) is 9.09. The summed E-state index contributed by atoms with van der Waals surface area (Å²) < 4.78 is 18.9. The molecule has 0 bridgehead atoms. The Morgan fingerprint density at radius 2 is 2.05 bits per heavy atom. The van der Waals surface area contributed by atoms with Crippen LogP contribution >= 0.6 is 0 Å². The second-order valence-corrected chi connectivity index (χ2v) is 4.37. The molecular formula is C15H16FN3O2. The van der Waals surface area contributed by atoms with Gasteiger partial charge in [-0.25, -0.2) is 4.39 Å². The first-order valence-corrected chi connectivity index (χ1v) is 6.40. The van der Waals surface area contributed by atoms with Crippen molar-refractivity contribution in [2.45, 2.75) is 6.92 Å². The zero-order chi connectivity index (χ0) is 15.4. The third-order valence-corrected chi connectivity index (χ3v) is 2.82.